The zero-order valence-corrected chi connectivity index (χ0v) is 20.5. The fourth-order valence-electron chi connectivity index (χ4n) is 6.27. The summed E-state index contributed by atoms with van der Waals surface area (Å²) in [6.45, 7) is 1.83. The molecule has 1 atom stereocenters. The lowest BCUT2D eigenvalue weighted by Gasteiger charge is -2.52. The molecule has 0 spiro atoms. The molecule has 0 saturated heterocycles. The van der Waals surface area contributed by atoms with E-state index in [-0.39, 0.29) is 23.2 Å². The first kappa shape index (κ1) is 23.0. The van der Waals surface area contributed by atoms with Gasteiger partial charge in [0, 0.05) is 40.5 Å². The standard InChI is InChI=1S/C29H26N4O4/c1-28(26(34)32-27-30-16-19(31-27)15-18-11-13-20(37-2)14-12-18)17-29(33(35)36)23-9-5-3-7-21(23)25(28)22-8-4-6-10-24(22)29/h3-14,16,25H,15,17H2,1-2H3,(H2,30,31,32,34). The molecule has 3 aromatic carbocycles. The highest BCUT2D eigenvalue weighted by Gasteiger charge is 2.67. The van der Waals surface area contributed by atoms with Crippen LogP contribution < -0.4 is 10.1 Å². The number of carbonyl (C=O) groups is 1. The Hall–Kier alpha value is -4.46. The minimum Gasteiger partial charge on any atom is -0.497 e. The summed E-state index contributed by atoms with van der Waals surface area (Å²) in [4.78, 5) is 34.0. The lowest BCUT2D eigenvalue weighted by atomic mass is 9.49. The molecule has 37 heavy (non-hydrogen) atoms. The lowest BCUT2D eigenvalue weighted by Crippen LogP contribution is -2.57. The summed E-state index contributed by atoms with van der Waals surface area (Å²) in [6.07, 6.45) is 2.37. The zero-order chi connectivity index (χ0) is 25.8. The van der Waals surface area contributed by atoms with E-state index < -0.39 is 11.0 Å². The van der Waals surface area contributed by atoms with Gasteiger partial charge in [-0.15, -0.1) is 0 Å². The molecule has 2 bridgehead atoms. The fraction of sp³-hybridized carbons (Fsp3) is 0.241. The second-order valence-corrected chi connectivity index (χ2v) is 10.1. The van der Waals surface area contributed by atoms with Crippen LogP contribution in [0.2, 0.25) is 0 Å². The number of benzene rings is 3. The highest BCUT2D eigenvalue weighted by Crippen LogP contribution is 2.63. The Morgan fingerprint density at radius 2 is 1.70 bits per heavy atom. The van der Waals surface area contributed by atoms with Gasteiger partial charge in [0.1, 0.15) is 5.75 Å². The molecular weight excluding hydrogens is 468 g/mol. The number of aromatic amines is 1. The highest BCUT2D eigenvalue weighted by molar-refractivity contribution is 5.96. The first-order valence-electron chi connectivity index (χ1n) is 12.2. The van der Waals surface area contributed by atoms with Crippen LogP contribution in [-0.4, -0.2) is 27.9 Å². The number of fused-ring (bicyclic) bond motifs is 1. The smallest absolute Gasteiger partial charge is 0.273 e. The molecule has 4 aromatic rings. The maximum absolute atomic E-state index is 13.9. The van der Waals surface area contributed by atoms with Crippen LogP contribution in [0, 0.1) is 15.5 Å². The molecule has 1 aromatic heterocycles. The van der Waals surface area contributed by atoms with Gasteiger partial charge in [0.25, 0.3) is 5.54 Å². The van der Waals surface area contributed by atoms with E-state index in [1.54, 1.807) is 13.3 Å². The van der Waals surface area contributed by atoms with E-state index >= 15 is 0 Å². The number of nitro groups is 1. The van der Waals surface area contributed by atoms with Gasteiger partial charge >= 0.3 is 0 Å². The van der Waals surface area contributed by atoms with Crippen molar-refractivity contribution in [1.29, 1.82) is 0 Å². The Morgan fingerprint density at radius 1 is 1.08 bits per heavy atom. The topological polar surface area (TPSA) is 110 Å². The summed E-state index contributed by atoms with van der Waals surface area (Å²) in [5, 5.41) is 15.7. The number of anilines is 1. The summed E-state index contributed by atoms with van der Waals surface area (Å²) in [5.41, 5.74) is 2.38. The Labute approximate surface area is 213 Å². The van der Waals surface area contributed by atoms with Gasteiger partial charge in [0.15, 0.2) is 0 Å². The fourth-order valence-corrected chi connectivity index (χ4v) is 6.27. The van der Waals surface area contributed by atoms with Gasteiger partial charge in [0.2, 0.25) is 11.9 Å². The zero-order valence-electron chi connectivity index (χ0n) is 20.5. The van der Waals surface area contributed by atoms with Gasteiger partial charge in [-0.05, 0) is 35.7 Å². The van der Waals surface area contributed by atoms with E-state index in [0.29, 0.717) is 23.5 Å². The van der Waals surface area contributed by atoms with Crippen LogP contribution in [0.3, 0.4) is 0 Å². The molecule has 0 saturated carbocycles. The molecule has 0 fully saturated rings. The van der Waals surface area contributed by atoms with Crippen molar-refractivity contribution >= 4 is 11.9 Å². The van der Waals surface area contributed by atoms with Gasteiger partial charge in [-0.3, -0.25) is 20.2 Å². The number of rotatable bonds is 6. The van der Waals surface area contributed by atoms with Crippen LogP contribution in [0.15, 0.2) is 79.0 Å². The van der Waals surface area contributed by atoms with E-state index in [9.17, 15) is 14.9 Å². The maximum atomic E-state index is 13.9. The number of hydrogen-bond acceptors (Lipinski definition) is 5. The Balaban J connectivity index is 1.33. The Morgan fingerprint density at radius 3 is 2.30 bits per heavy atom. The van der Waals surface area contributed by atoms with Crippen LogP contribution >= 0.6 is 0 Å². The van der Waals surface area contributed by atoms with Gasteiger partial charge in [-0.25, -0.2) is 4.98 Å². The van der Waals surface area contributed by atoms with Crippen LogP contribution in [0.5, 0.6) is 5.75 Å². The number of methoxy groups -OCH3 is 1. The van der Waals surface area contributed by atoms with E-state index in [0.717, 1.165) is 28.1 Å². The van der Waals surface area contributed by atoms with E-state index in [4.69, 9.17) is 4.74 Å². The van der Waals surface area contributed by atoms with Crippen molar-refractivity contribution in [1.82, 2.24) is 9.97 Å². The summed E-state index contributed by atoms with van der Waals surface area (Å²) in [7, 11) is 1.63. The predicted molar refractivity (Wildman–Crippen MR) is 138 cm³/mol. The second kappa shape index (κ2) is 8.30. The number of nitrogens with one attached hydrogen (secondary N) is 2. The molecule has 1 amide bonds. The van der Waals surface area contributed by atoms with E-state index in [1.807, 2.05) is 79.7 Å². The number of hydrogen-bond donors (Lipinski definition) is 2. The minimum absolute atomic E-state index is 0.0664. The summed E-state index contributed by atoms with van der Waals surface area (Å²) >= 11 is 0. The number of amides is 1. The molecule has 1 heterocycles. The number of imidazole rings is 1. The molecule has 3 aliphatic rings. The number of ether oxygens (including phenoxy) is 1. The molecule has 0 radical (unpaired) electrons. The number of H-pyrrole nitrogens is 1. The molecule has 0 aliphatic heterocycles. The largest absolute Gasteiger partial charge is 0.497 e. The average Bonchev–Trinajstić information content (AvgIpc) is 3.35. The molecule has 3 aliphatic carbocycles. The third-order valence-corrected chi connectivity index (χ3v) is 7.94. The third-order valence-electron chi connectivity index (χ3n) is 7.94. The lowest BCUT2D eigenvalue weighted by molar-refractivity contribution is -0.573. The maximum Gasteiger partial charge on any atom is 0.273 e. The summed E-state index contributed by atoms with van der Waals surface area (Å²) < 4.78 is 5.21. The number of carbonyl (C=O) groups excluding carboxylic acids is 1. The number of nitrogens with zero attached hydrogens (tertiary/aromatic N) is 2. The average molecular weight is 495 g/mol. The van der Waals surface area contributed by atoms with Crippen LogP contribution in [0.4, 0.5) is 5.95 Å². The number of aromatic nitrogens is 2. The van der Waals surface area contributed by atoms with Gasteiger partial charge < -0.3 is 9.72 Å². The van der Waals surface area contributed by atoms with Crippen LogP contribution in [0.1, 0.15) is 52.8 Å². The van der Waals surface area contributed by atoms with Gasteiger partial charge in [0.05, 0.1) is 18.7 Å². The quantitative estimate of drug-likeness (QED) is 0.289. The van der Waals surface area contributed by atoms with Crippen molar-refractivity contribution < 1.29 is 14.5 Å². The monoisotopic (exact) mass is 494 g/mol. The van der Waals surface area contributed by atoms with Crippen molar-refractivity contribution in [2.24, 2.45) is 5.41 Å². The summed E-state index contributed by atoms with van der Waals surface area (Å²) in [5.74, 6) is 0.508. The van der Waals surface area contributed by atoms with Crippen molar-refractivity contribution in [3.05, 3.63) is 123 Å². The molecule has 7 rings (SSSR count). The summed E-state index contributed by atoms with van der Waals surface area (Å²) in [6, 6.07) is 22.7. The molecule has 1 unspecified atom stereocenters. The van der Waals surface area contributed by atoms with Crippen molar-refractivity contribution in [2.75, 3.05) is 12.4 Å². The molecule has 186 valence electrons. The second-order valence-electron chi connectivity index (χ2n) is 10.1. The first-order chi connectivity index (χ1) is 17.9. The van der Waals surface area contributed by atoms with Crippen molar-refractivity contribution in [3.63, 3.8) is 0 Å². The Kier molecular flexibility index (Phi) is 5.15. The van der Waals surface area contributed by atoms with E-state index in [1.165, 1.54) is 0 Å². The first-order valence-corrected chi connectivity index (χ1v) is 12.2. The molecule has 8 nitrogen and oxygen atoms in total. The van der Waals surface area contributed by atoms with Gasteiger partial charge in [-0.2, -0.15) is 0 Å². The van der Waals surface area contributed by atoms with Crippen molar-refractivity contribution in [2.45, 2.75) is 31.2 Å². The highest BCUT2D eigenvalue weighted by atomic mass is 16.6. The van der Waals surface area contributed by atoms with E-state index in [2.05, 4.69) is 15.3 Å². The molecule has 8 heteroatoms. The normalized spacial score (nSPS) is 23.1. The Bertz CT molecular complexity index is 1480. The minimum atomic E-state index is -1.49. The SMILES string of the molecule is COc1ccc(Cc2cnc(NC(=O)C3(C)CC4([N+](=O)[O-])c5ccccc5C3c3ccccc34)[nH]2)cc1. The predicted octanol–water partition coefficient (Wildman–Crippen LogP) is 5.02. The molecular formula is C29H26N4O4. The third kappa shape index (κ3) is 3.36. The molecule has 2 N–H and O–H groups in total. The van der Waals surface area contributed by atoms with Crippen LogP contribution in [0.25, 0.3) is 0 Å². The van der Waals surface area contributed by atoms with Gasteiger partial charge in [-0.1, -0.05) is 60.7 Å². The van der Waals surface area contributed by atoms with Crippen LogP contribution in [-0.2, 0) is 16.8 Å². The van der Waals surface area contributed by atoms with Crippen molar-refractivity contribution in [3.8, 4) is 5.75 Å².